The minimum atomic E-state index is 0.156. The van der Waals surface area contributed by atoms with E-state index in [-0.39, 0.29) is 5.41 Å². The summed E-state index contributed by atoms with van der Waals surface area (Å²) in [6.07, 6.45) is 7.14. The SMILES string of the molecule is CCC1=Cc2ccccc2C1C(C)(C)C1C(CC)=Cc2ccccc21. The molecule has 0 spiro atoms. The average molecular weight is 328 g/mol. The summed E-state index contributed by atoms with van der Waals surface area (Å²) in [5.41, 5.74) is 9.21. The molecule has 0 aliphatic heterocycles. The van der Waals surface area contributed by atoms with Crippen molar-refractivity contribution in [2.75, 3.05) is 0 Å². The van der Waals surface area contributed by atoms with Crippen LogP contribution >= 0.6 is 0 Å². The summed E-state index contributed by atoms with van der Waals surface area (Å²) in [6.45, 7) is 9.58. The lowest BCUT2D eigenvalue weighted by Gasteiger charge is -2.41. The van der Waals surface area contributed by atoms with Crippen molar-refractivity contribution in [3.63, 3.8) is 0 Å². The molecule has 128 valence electrons. The predicted octanol–water partition coefficient (Wildman–Crippen LogP) is 7.19. The summed E-state index contributed by atoms with van der Waals surface area (Å²) in [6, 6.07) is 18.0. The number of fused-ring (bicyclic) bond motifs is 2. The topological polar surface area (TPSA) is 0 Å². The molecule has 0 saturated carbocycles. The largest absolute Gasteiger partial charge is 0.0619 e. The number of hydrogen-bond acceptors (Lipinski definition) is 0. The fraction of sp³-hybridized carbons (Fsp3) is 0.360. The summed E-state index contributed by atoms with van der Waals surface area (Å²) in [5.74, 6) is 1.000. The van der Waals surface area contributed by atoms with Gasteiger partial charge < -0.3 is 0 Å². The molecule has 2 atom stereocenters. The third-order valence-corrected chi connectivity index (χ3v) is 6.34. The van der Waals surface area contributed by atoms with E-state index in [0.29, 0.717) is 11.8 Å². The van der Waals surface area contributed by atoms with E-state index in [1.165, 1.54) is 22.3 Å². The summed E-state index contributed by atoms with van der Waals surface area (Å²) in [4.78, 5) is 0. The first-order valence-corrected chi connectivity index (χ1v) is 9.66. The van der Waals surface area contributed by atoms with Crippen LogP contribution in [0.5, 0.6) is 0 Å². The molecule has 0 fully saturated rings. The standard InChI is InChI=1S/C25H28/c1-5-17-15-19-11-7-9-13-21(19)23(17)25(3,4)24-18(6-2)16-20-12-8-10-14-22(20)24/h7-16,23-24H,5-6H2,1-4H3. The maximum Gasteiger partial charge on any atom is 0.0117 e. The van der Waals surface area contributed by atoms with Crippen LogP contribution in [0.1, 0.15) is 74.6 Å². The molecule has 0 saturated heterocycles. The van der Waals surface area contributed by atoms with Crippen molar-refractivity contribution in [3.8, 4) is 0 Å². The normalized spacial score (nSPS) is 21.6. The summed E-state index contributed by atoms with van der Waals surface area (Å²) >= 11 is 0. The molecule has 0 heteroatoms. The first-order chi connectivity index (χ1) is 12.1. The number of benzene rings is 2. The number of hydrogen-bond donors (Lipinski definition) is 0. The van der Waals surface area contributed by atoms with Gasteiger partial charge in [-0.15, -0.1) is 0 Å². The van der Waals surface area contributed by atoms with Crippen molar-refractivity contribution < 1.29 is 0 Å². The molecule has 0 aromatic heterocycles. The van der Waals surface area contributed by atoms with Gasteiger partial charge in [-0.3, -0.25) is 0 Å². The quantitative estimate of drug-likeness (QED) is 0.557. The van der Waals surface area contributed by atoms with Gasteiger partial charge in [-0.1, -0.05) is 99.5 Å². The van der Waals surface area contributed by atoms with Gasteiger partial charge >= 0.3 is 0 Å². The Kier molecular flexibility index (Phi) is 3.95. The van der Waals surface area contributed by atoms with Crippen LogP contribution in [0.4, 0.5) is 0 Å². The summed E-state index contributed by atoms with van der Waals surface area (Å²) in [5, 5.41) is 0. The predicted molar refractivity (Wildman–Crippen MR) is 109 cm³/mol. The highest BCUT2D eigenvalue weighted by Crippen LogP contribution is 2.59. The highest BCUT2D eigenvalue weighted by molar-refractivity contribution is 5.70. The summed E-state index contributed by atoms with van der Waals surface area (Å²) < 4.78 is 0. The molecule has 0 nitrogen and oxygen atoms in total. The molecule has 2 aliphatic rings. The molecular weight excluding hydrogens is 300 g/mol. The first kappa shape index (κ1) is 16.4. The molecule has 4 rings (SSSR count). The zero-order valence-corrected chi connectivity index (χ0v) is 15.8. The van der Waals surface area contributed by atoms with Crippen LogP contribution in [-0.2, 0) is 0 Å². The molecule has 2 aromatic carbocycles. The van der Waals surface area contributed by atoms with Crippen LogP contribution in [0.2, 0.25) is 0 Å². The monoisotopic (exact) mass is 328 g/mol. The molecule has 0 heterocycles. The van der Waals surface area contributed by atoms with Crippen molar-refractivity contribution in [3.05, 3.63) is 81.9 Å². The van der Waals surface area contributed by atoms with Gasteiger partial charge in [0.25, 0.3) is 0 Å². The van der Waals surface area contributed by atoms with Crippen LogP contribution < -0.4 is 0 Å². The Hall–Kier alpha value is -2.08. The smallest absolute Gasteiger partial charge is 0.0117 e. The van der Waals surface area contributed by atoms with Crippen LogP contribution in [0.3, 0.4) is 0 Å². The third-order valence-electron chi connectivity index (χ3n) is 6.34. The van der Waals surface area contributed by atoms with E-state index in [2.05, 4.69) is 88.4 Å². The zero-order chi connectivity index (χ0) is 17.6. The lowest BCUT2D eigenvalue weighted by Crippen LogP contribution is -2.30. The fourth-order valence-corrected chi connectivity index (χ4v) is 5.31. The van der Waals surface area contributed by atoms with Crippen molar-refractivity contribution in [1.29, 1.82) is 0 Å². The van der Waals surface area contributed by atoms with Crippen molar-refractivity contribution in [2.24, 2.45) is 5.41 Å². The molecule has 0 bridgehead atoms. The van der Waals surface area contributed by atoms with Crippen LogP contribution in [-0.4, -0.2) is 0 Å². The zero-order valence-electron chi connectivity index (χ0n) is 15.8. The Morgan fingerprint density at radius 2 is 1.08 bits per heavy atom. The first-order valence-electron chi connectivity index (χ1n) is 9.66. The van der Waals surface area contributed by atoms with Crippen LogP contribution in [0.25, 0.3) is 12.2 Å². The van der Waals surface area contributed by atoms with Gasteiger partial charge in [0.1, 0.15) is 0 Å². The summed E-state index contributed by atoms with van der Waals surface area (Å²) in [7, 11) is 0. The van der Waals surface area contributed by atoms with E-state index in [0.717, 1.165) is 12.8 Å². The molecule has 25 heavy (non-hydrogen) atoms. The minimum absolute atomic E-state index is 0.156. The maximum atomic E-state index is 2.49. The van der Waals surface area contributed by atoms with Gasteiger partial charge in [0.15, 0.2) is 0 Å². The third kappa shape index (κ3) is 2.42. The second-order valence-corrected chi connectivity index (χ2v) is 8.09. The minimum Gasteiger partial charge on any atom is -0.0619 e. The molecule has 0 amide bonds. The van der Waals surface area contributed by atoms with Crippen molar-refractivity contribution in [1.82, 2.24) is 0 Å². The Morgan fingerprint density at radius 1 is 0.680 bits per heavy atom. The second-order valence-electron chi connectivity index (χ2n) is 8.09. The molecule has 2 aromatic rings. The van der Waals surface area contributed by atoms with Gasteiger partial charge in [-0.2, -0.15) is 0 Å². The molecule has 2 unspecified atom stereocenters. The van der Waals surface area contributed by atoms with E-state index in [1.807, 2.05) is 0 Å². The van der Waals surface area contributed by atoms with Crippen molar-refractivity contribution in [2.45, 2.75) is 52.4 Å². The van der Waals surface area contributed by atoms with Crippen LogP contribution in [0.15, 0.2) is 59.7 Å². The highest BCUT2D eigenvalue weighted by atomic mass is 14.5. The van der Waals surface area contributed by atoms with Gasteiger partial charge in [-0.05, 0) is 40.5 Å². The number of rotatable bonds is 4. The lowest BCUT2D eigenvalue weighted by molar-refractivity contribution is 0.269. The number of allylic oxidation sites excluding steroid dienone is 2. The Morgan fingerprint density at radius 3 is 1.48 bits per heavy atom. The highest BCUT2D eigenvalue weighted by Gasteiger charge is 2.45. The van der Waals surface area contributed by atoms with Gasteiger partial charge in [0.2, 0.25) is 0 Å². The van der Waals surface area contributed by atoms with E-state index < -0.39 is 0 Å². The Labute approximate surface area is 152 Å². The van der Waals surface area contributed by atoms with E-state index >= 15 is 0 Å². The Balaban J connectivity index is 1.85. The fourth-order valence-electron chi connectivity index (χ4n) is 5.31. The molecule has 0 N–H and O–H groups in total. The van der Waals surface area contributed by atoms with E-state index in [4.69, 9.17) is 0 Å². The average Bonchev–Trinajstić information content (AvgIpc) is 3.20. The van der Waals surface area contributed by atoms with Crippen LogP contribution in [0, 0.1) is 5.41 Å². The van der Waals surface area contributed by atoms with E-state index in [1.54, 1.807) is 11.1 Å². The molecule has 2 aliphatic carbocycles. The van der Waals surface area contributed by atoms with Gasteiger partial charge in [-0.25, -0.2) is 0 Å². The van der Waals surface area contributed by atoms with E-state index in [9.17, 15) is 0 Å². The van der Waals surface area contributed by atoms with Gasteiger partial charge in [0, 0.05) is 11.8 Å². The van der Waals surface area contributed by atoms with Gasteiger partial charge in [0.05, 0.1) is 0 Å². The maximum absolute atomic E-state index is 2.49. The van der Waals surface area contributed by atoms with Crippen molar-refractivity contribution >= 4 is 12.2 Å². The Bertz CT molecular complexity index is 792. The second kappa shape index (κ2) is 6.02. The molecule has 0 radical (unpaired) electrons. The lowest BCUT2D eigenvalue weighted by atomic mass is 9.62. The molecular formula is C25H28.